The Morgan fingerprint density at radius 2 is 2.10 bits per heavy atom. The summed E-state index contributed by atoms with van der Waals surface area (Å²) in [6, 6.07) is 2.01. The SMILES string of the molecule is O=C(c1cncnc1)c1cc(CC2=CCCCC2)cs1. The Balaban J connectivity index is 1.73. The minimum atomic E-state index is 0.0134. The number of hydrogen-bond acceptors (Lipinski definition) is 4. The van der Waals surface area contributed by atoms with E-state index in [1.807, 2.05) is 6.07 Å². The lowest BCUT2D eigenvalue weighted by atomic mass is 9.95. The van der Waals surface area contributed by atoms with E-state index in [1.54, 1.807) is 12.4 Å². The third-order valence-electron chi connectivity index (χ3n) is 3.52. The number of thiophene rings is 1. The third-order valence-corrected chi connectivity index (χ3v) is 4.49. The van der Waals surface area contributed by atoms with Crippen molar-refractivity contribution in [3.8, 4) is 0 Å². The quantitative estimate of drug-likeness (QED) is 0.633. The lowest BCUT2D eigenvalue weighted by Gasteiger charge is -2.11. The first-order valence-electron chi connectivity index (χ1n) is 6.88. The monoisotopic (exact) mass is 284 g/mol. The molecule has 0 saturated heterocycles. The van der Waals surface area contributed by atoms with Crippen LogP contribution >= 0.6 is 11.3 Å². The normalized spacial score (nSPS) is 14.9. The topological polar surface area (TPSA) is 42.9 Å². The summed E-state index contributed by atoms with van der Waals surface area (Å²) in [5.41, 5.74) is 3.30. The van der Waals surface area contributed by atoms with Crippen LogP contribution in [0.3, 0.4) is 0 Å². The van der Waals surface area contributed by atoms with Crippen molar-refractivity contribution >= 4 is 17.1 Å². The molecule has 0 N–H and O–H groups in total. The Bertz CT molecular complexity index is 631. The summed E-state index contributed by atoms with van der Waals surface area (Å²) in [4.78, 5) is 20.8. The lowest BCUT2D eigenvalue weighted by molar-refractivity contribution is 0.104. The Labute approximate surface area is 122 Å². The zero-order chi connectivity index (χ0) is 13.8. The van der Waals surface area contributed by atoms with Gasteiger partial charge in [0, 0.05) is 12.4 Å². The second-order valence-corrected chi connectivity index (χ2v) is 5.97. The molecule has 0 unspecified atom stereocenters. The molecule has 0 amide bonds. The predicted molar refractivity (Wildman–Crippen MR) is 80.0 cm³/mol. The van der Waals surface area contributed by atoms with E-state index in [0.29, 0.717) is 5.56 Å². The highest BCUT2D eigenvalue weighted by Gasteiger charge is 2.13. The summed E-state index contributed by atoms with van der Waals surface area (Å²) in [7, 11) is 0. The lowest BCUT2D eigenvalue weighted by Crippen LogP contribution is -2.00. The van der Waals surface area contributed by atoms with Crippen molar-refractivity contribution in [2.45, 2.75) is 32.1 Å². The molecular formula is C16H16N2OS. The van der Waals surface area contributed by atoms with E-state index in [0.717, 1.165) is 11.3 Å². The van der Waals surface area contributed by atoms with Gasteiger partial charge in [0.2, 0.25) is 5.78 Å². The molecular weight excluding hydrogens is 268 g/mol. The van der Waals surface area contributed by atoms with Crippen LogP contribution in [0.15, 0.2) is 41.8 Å². The van der Waals surface area contributed by atoms with Crippen LogP contribution < -0.4 is 0 Å². The maximum absolute atomic E-state index is 12.3. The molecule has 2 aromatic heterocycles. The number of ketones is 1. The molecule has 2 aromatic rings. The molecule has 4 heteroatoms. The van der Waals surface area contributed by atoms with E-state index in [2.05, 4.69) is 21.4 Å². The summed E-state index contributed by atoms with van der Waals surface area (Å²) in [5.74, 6) is 0.0134. The fourth-order valence-electron chi connectivity index (χ4n) is 2.47. The van der Waals surface area contributed by atoms with Crippen LogP contribution in [0.4, 0.5) is 0 Å². The van der Waals surface area contributed by atoms with Crippen LogP contribution in [0.1, 0.15) is 46.5 Å². The highest BCUT2D eigenvalue weighted by Crippen LogP contribution is 2.25. The van der Waals surface area contributed by atoms with Crippen molar-refractivity contribution in [2.75, 3.05) is 0 Å². The largest absolute Gasteiger partial charge is 0.288 e. The van der Waals surface area contributed by atoms with E-state index in [4.69, 9.17) is 0 Å². The van der Waals surface area contributed by atoms with Crippen LogP contribution in [-0.2, 0) is 6.42 Å². The fraction of sp³-hybridized carbons (Fsp3) is 0.312. The molecule has 102 valence electrons. The number of hydrogen-bond donors (Lipinski definition) is 0. The first-order valence-corrected chi connectivity index (χ1v) is 7.76. The van der Waals surface area contributed by atoms with Crippen molar-refractivity contribution in [2.24, 2.45) is 0 Å². The maximum atomic E-state index is 12.3. The highest BCUT2D eigenvalue weighted by atomic mass is 32.1. The van der Waals surface area contributed by atoms with Gasteiger partial charge < -0.3 is 0 Å². The van der Waals surface area contributed by atoms with Gasteiger partial charge in [-0.3, -0.25) is 4.79 Å². The number of carbonyl (C=O) groups excluding carboxylic acids is 1. The zero-order valence-electron chi connectivity index (χ0n) is 11.2. The predicted octanol–water partition coefficient (Wildman–Crippen LogP) is 3.81. The van der Waals surface area contributed by atoms with Gasteiger partial charge in [-0.2, -0.15) is 0 Å². The first-order chi connectivity index (χ1) is 9.83. The summed E-state index contributed by atoms with van der Waals surface area (Å²) < 4.78 is 0. The molecule has 0 fully saturated rings. The summed E-state index contributed by atoms with van der Waals surface area (Å²) >= 11 is 1.51. The van der Waals surface area contributed by atoms with Gasteiger partial charge in [0.15, 0.2) is 0 Å². The Morgan fingerprint density at radius 1 is 1.25 bits per heavy atom. The van der Waals surface area contributed by atoms with E-state index < -0.39 is 0 Å². The van der Waals surface area contributed by atoms with Crippen LogP contribution in [0.5, 0.6) is 0 Å². The van der Waals surface area contributed by atoms with E-state index in [-0.39, 0.29) is 5.78 Å². The van der Waals surface area contributed by atoms with Gasteiger partial charge >= 0.3 is 0 Å². The minimum Gasteiger partial charge on any atom is -0.288 e. The average Bonchev–Trinajstić information content (AvgIpc) is 2.97. The number of nitrogens with zero attached hydrogens (tertiary/aromatic N) is 2. The van der Waals surface area contributed by atoms with E-state index in [9.17, 15) is 4.79 Å². The van der Waals surface area contributed by atoms with Crippen molar-refractivity contribution in [3.05, 3.63) is 57.8 Å². The average molecular weight is 284 g/mol. The van der Waals surface area contributed by atoms with Gasteiger partial charge in [-0.05, 0) is 49.1 Å². The second kappa shape index (κ2) is 6.09. The summed E-state index contributed by atoms with van der Waals surface area (Å²) in [5, 5.41) is 2.09. The molecule has 0 radical (unpaired) electrons. The number of allylic oxidation sites excluding steroid dienone is 2. The van der Waals surface area contributed by atoms with E-state index >= 15 is 0 Å². The van der Waals surface area contributed by atoms with Gasteiger partial charge in [-0.15, -0.1) is 11.3 Å². The molecule has 2 heterocycles. The molecule has 0 aromatic carbocycles. The smallest absolute Gasteiger partial charge is 0.206 e. The van der Waals surface area contributed by atoms with Crippen LogP contribution in [0, 0.1) is 0 Å². The van der Waals surface area contributed by atoms with Gasteiger partial charge in [-0.1, -0.05) is 11.6 Å². The third kappa shape index (κ3) is 3.02. The van der Waals surface area contributed by atoms with Crippen molar-refractivity contribution < 1.29 is 4.79 Å². The summed E-state index contributed by atoms with van der Waals surface area (Å²) in [6.07, 6.45) is 12.9. The van der Waals surface area contributed by atoms with Gasteiger partial charge in [-0.25, -0.2) is 9.97 Å². The first kappa shape index (κ1) is 13.2. The molecule has 1 aliphatic carbocycles. The molecule has 1 aliphatic rings. The standard InChI is InChI=1S/C16H16N2OS/c19-16(14-8-17-11-18-9-14)15-7-13(10-20-15)6-12-4-2-1-3-5-12/h4,7-11H,1-3,5-6H2. The molecule has 20 heavy (non-hydrogen) atoms. The maximum Gasteiger partial charge on any atom is 0.206 e. The Morgan fingerprint density at radius 3 is 2.85 bits per heavy atom. The second-order valence-electron chi connectivity index (χ2n) is 5.06. The number of rotatable bonds is 4. The zero-order valence-corrected chi connectivity index (χ0v) is 12.0. The molecule has 0 aliphatic heterocycles. The van der Waals surface area contributed by atoms with Crippen LogP contribution in [-0.4, -0.2) is 15.8 Å². The van der Waals surface area contributed by atoms with Crippen molar-refractivity contribution in [1.82, 2.24) is 9.97 Å². The van der Waals surface area contributed by atoms with E-state index in [1.165, 1.54) is 54.5 Å². The molecule has 0 bridgehead atoms. The van der Waals surface area contributed by atoms with Crippen LogP contribution in [0.25, 0.3) is 0 Å². The van der Waals surface area contributed by atoms with Gasteiger partial charge in [0.25, 0.3) is 0 Å². The number of carbonyl (C=O) groups is 1. The minimum absolute atomic E-state index is 0.0134. The molecule has 3 nitrogen and oxygen atoms in total. The van der Waals surface area contributed by atoms with Crippen molar-refractivity contribution in [3.63, 3.8) is 0 Å². The van der Waals surface area contributed by atoms with Gasteiger partial charge in [0.05, 0.1) is 10.4 Å². The molecule has 0 spiro atoms. The van der Waals surface area contributed by atoms with Gasteiger partial charge in [0.1, 0.15) is 6.33 Å². The molecule has 0 atom stereocenters. The van der Waals surface area contributed by atoms with Crippen molar-refractivity contribution in [1.29, 1.82) is 0 Å². The summed E-state index contributed by atoms with van der Waals surface area (Å²) in [6.45, 7) is 0. The highest BCUT2D eigenvalue weighted by molar-refractivity contribution is 7.12. The molecule has 3 rings (SSSR count). The number of aromatic nitrogens is 2. The molecule has 0 saturated carbocycles. The Kier molecular flexibility index (Phi) is 4.02. The fourth-order valence-corrected chi connectivity index (χ4v) is 3.35. The Hall–Kier alpha value is -1.81. The van der Waals surface area contributed by atoms with Crippen LogP contribution in [0.2, 0.25) is 0 Å².